The molecule has 6 heteroatoms. The summed E-state index contributed by atoms with van der Waals surface area (Å²) in [5, 5.41) is 12.3. The highest BCUT2D eigenvalue weighted by Gasteiger charge is 2.30. The molecular formula is C20H15N5O. The molecule has 1 atom stereocenters. The molecule has 0 unspecified atom stereocenters. The molecule has 6 nitrogen and oxygen atoms in total. The lowest BCUT2D eigenvalue weighted by Crippen LogP contribution is -2.23. The third-order valence-electron chi connectivity index (χ3n) is 4.70. The fourth-order valence-corrected chi connectivity index (χ4v) is 3.51. The van der Waals surface area contributed by atoms with Crippen LogP contribution in [0.3, 0.4) is 0 Å². The summed E-state index contributed by atoms with van der Waals surface area (Å²) in [5.41, 5.74) is 5.39. The van der Waals surface area contributed by atoms with Crippen LogP contribution < -0.4 is 5.32 Å². The quantitative estimate of drug-likeness (QED) is 0.607. The van der Waals surface area contributed by atoms with Gasteiger partial charge in [-0.3, -0.25) is 9.78 Å². The van der Waals surface area contributed by atoms with Crippen LogP contribution in [0.5, 0.6) is 0 Å². The molecule has 0 spiro atoms. The molecule has 4 aromatic rings. The number of carbonyl (C=O) groups is 1. The van der Waals surface area contributed by atoms with Crippen molar-refractivity contribution >= 4 is 22.6 Å². The Kier molecular flexibility index (Phi) is 3.28. The summed E-state index contributed by atoms with van der Waals surface area (Å²) in [6.07, 6.45) is 3.89. The van der Waals surface area contributed by atoms with E-state index in [0.29, 0.717) is 6.42 Å². The fourth-order valence-electron chi connectivity index (χ4n) is 3.51. The first-order chi connectivity index (χ1) is 12.8. The first kappa shape index (κ1) is 14.8. The van der Waals surface area contributed by atoms with Crippen molar-refractivity contribution in [3.63, 3.8) is 0 Å². The molecule has 0 saturated heterocycles. The maximum atomic E-state index is 12.2. The van der Waals surface area contributed by atoms with Crippen molar-refractivity contribution in [3.05, 3.63) is 78.1 Å². The molecule has 126 valence electrons. The van der Waals surface area contributed by atoms with E-state index < -0.39 is 0 Å². The third-order valence-corrected chi connectivity index (χ3v) is 4.70. The number of hydrogen-bond acceptors (Lipinski definition) is 4. The Morgan fingerprint density at radius 1 is 0.962 bits per heavy atom. The van der Waals surface area contributed by atoms with E-state index in [1.165, 1.54) is 0 Å². The Morgan fingerprint density at radius 3 is 2.58 bits per heavy atom. The first-order valence-electron chi connectivity index (χ1n) is 8.45. The minimum atomic E-state index is -0.0635. The highest BCUT2D eigenvalue weighted by Crippen LogP contribution is 2.40. The van der Waals surface area contributed by atoms with Gasteiger partial charge in [0.15, 0.2) is 0 Å². The van der Waals surface area contributed by atoms with Gasteiger partial charge in [0.1, 0.15) is 11.0 Å². The van der Waals surface area contributed by atoms with E-state index in [0.717, 1.165) is 33.5 Å². The zero-order valence-corrected chi connectivity index (χ0v) is 13.8. The number of pyridine rings is 1. The smallest absolute Gasteiger partial charge is 0.225 e. The molecule has 0 saturated carbocycles. The molecular weight excluding hydrogens is 326 g/mol. The number of carbonyl (C=O) groups excluding carboxylic acids is 1. The normalized spacial score (nSPS) is 16.3. The summed E-state index contributed by atoms with van der Waals surface area (Å²) in [4.78, 5) is 17.9. The largest absolute Gasteiger partial charge is 0.326 e. The van der Waals surface area contributed by atoms with Gasteiger partial charge < -0.3 is 5.32 Å². The highest BCUT2D eigenvalue weighted by molar-refractivity contribution is 5.99. The van der Waals surface area contributed by atoms with Crippen LogP contribution in [0.2, 0.25) is 0 Å². The van der Waals surface area contributed by atoms with Crippen LogP contribution in [-0.4, -0.2) is 25.9 Å². The molecule has 0 radical (unpaired) electrons. The first-order valence-corrected chi connectivity index (χ1v) is 8.45. The van der Waals surface area contributed by atoms with Gasteiger partial charge in [0.25, 0.3) is 0 Å². The minimum Gasteiger partial charge on any atom is -0.326 e. The number of rotatable bonds is 2. The highest BCUT2D eigenvalue weighted by atomic mass is 16.1. The molecule has 0 aliphatic carbocycles. The van der Waals surface area contributed by atoms with Crippen molar-refractivity contribution in [1.82, 2.24) is 20.0 Å². The van der Waals surface area contributed by atoms with Gasteiger partial charge in [-0.2, -0.15) is 4.80 Å². The van der Waals surface area contributed by atoms with Crippen LogP contribution in [0.25, 0.3) is 16.7 Å². The molecule has 0 fully saturated rings. The minimum absolute atomic E-state index is 0.00844. The van der Waals surface area contributed by atoms with Crippen LogP contribution in [0, 0.1) is 0 Å². The zero-order chi connectivity index (χ0) is 17.5. The second kappa shape index (κ2) is 5.77. The SMILES string of the molecule is O=C1C[C@H](c2ccncc2)c2c(ccc3nn(-c4ccccc4)nc23)N1. The lowest BCUT2D eigenvalue weighted by atomic mass is 9.84. The molecule has 1 aliphatic heterocycles. The summed E-state index contributed by atoms with van der Waals surface area (Å²) in [6.45, 7) is 0. The number of amides is 1. The predicted molar refractivity (Wildman–Crippen MR) is 98.2 cm³/mol. The van der Waals surface area contributed by atoms with Crippen molar-refractivity contribution in [1.29, 1.82) is 0 Å². The Bertz CT molecular complexity index is 1110. The van der Waals surface area contributed by atoms with Gasteiger partial charge in [-0.15, -0.1) is 10.2 Å². The van der Waals surface area contributed by atoms with Gasteiger partial charge in [0.2, 0.25) is 5.91 Å². The van der Waals surface area contributed by atoms with Gasteiger partial charge in [-0.1, -0.05) is 18.2 Å². The molecule has 1 aliphatic rings. The molecule has 2 aromatic carbocycles. The molecule has 1 N–H and O–H groups in total. The number of hydrogen-bond donors (Lipinski definition) is 1. The maximum Gasteiger partial charge on any atom is 0.225 e. The van der Waals surface area contributed by atoms with E-state index in [1.54, 1.807) is 17.2 Å². The van der Waals surface area contributed by atoms with E-state index in [2.05, 4.69) is 15.4 Å². The predicted octanol–water partition coefficient (Wildman–Crippen LogP) is 3.29. The van der Waals surface area contributed by atoms with Crippen LogP contribution in [0.4, 0.5) is 5.69 Å². The second-order valence-corrected chi connectivity index (χ2v) is 6.30. The van der Waals surface area contributed by atoms with Crippen LogP contribution in [-0.2, 0) is 4.79 Å². The van der Waals surface area contributed by atoms with Crippen LogP contribution in [0.1, 0.15) is 23.5 Å². The Hall–Kier alpha value is -3.54. The molecule has 5 rings (SSSR count). The van der Waals surface area contributed by atoms with Crippen molar-refractivity contribution in [2.45, 2.75) is 12.3 Å². The molecule has 1 amide bonds. The molecule has 0 bridgehead atoms. The summed E-state index contributed by atoms with van der Waals surface area (Å²) in [5.74, 6) is -0.0551. The van der Waals surface area contributed by atoms with Crippen molar-refractivity contribution in [3.8, 4) is 5.69 Å². The number of aromatic nitrogens is 4. The lowest BCUT2D eigenvalue weighted by molar-refractivity contribution is -0.116. The van der Waals surface area contributed by atoms with Gasteiger partial charge in [-0.25, -0.2) is 0 Å². The maximum absolute atomic E-state index is 12.2. The number of fused-ring (bicyclic) bond motifs is 3. The summed E-state index contributed by atoms with van der Waals surface area (Å²) < 4.78 is 0. The van der Waals surface area contributed by atoms with Crippen LogP contribution in [0.15, 0.2) is 67.0 Å². The van der Waals surface area contributed by atoms with E-state index in [9.17, 15) is 4.79 Å². The number of nitrogens with one attached hydrogen (secondary N) is 1. The van der Waals surface area contributed by atoms with Gasteiger partial charge in [-0.05, 0) is 42.0 Å². The summed E-state index contributed by atoms with van der Waals surface area (Å²) in [6, 6.07) is 17.5. The van der Waals surface area contributed by atoms with E-state index >= 15 is 0 Å². The second-order valence-electron chi connectivity index (χ2n) is 6.30. The Balaban J connectivity index is 1.73. The summed E-state index contributed by atoms with van der Waals surface area (Å²) >= 11 is 0. The number of para-hydroxylation sites is 1. The molecule has 2 aromatic heterocycles. The van der Waals surface area contributed by atoms with E-state index in [4.69, 9.17) is 5.10 Å². The third kappa shape index (κ3) is 2.35. The Morgan fingerprint density at radius 2 is 1.77 bits per heavy atom. The molecule has 3 heterocycles. The van der Waals surface area contributed by atoms with Crippen molar-refractivity contribution < 1.29 is 4.79 Å². The molecule has 26 heavy (non-hydrogen) atoms. The van der Waals surface area contributed by atoms with Crippen molar-refractivity contribution in [2.24, 2.45) is 0 Å². The van der Waals surface area contributed by atoms with Gasteiger partial charge in [0, 0.05) is 36.0 Å². The lowest BCUT2D eigenvalue weighted by Gasteiger charge is -2.25. The zero-order valence-electron chi connectivity index (χ0n) is 13.8. The van der Waals surface area contributed by atoms with Gasteiger partial charge >= 0.3 is 0 Å². The van der Waals surface area contributed by atoms with Crippen LogP contribution >= 0.6 is 0 Å². The van der Waals surface area contributed by atoms with Gasteiger partial charge in [0.05, 0.1) is 5.69 Å². The average molecular weight is 341 g/mol. The standard InChI is InChI=1S/C20H15N5O/c26-18-12-15(13-8-10-21-11-9-13)19-16(22-18)6-7-17-20(19)24-25(23-17)14-4-2-1-3-5-14/h1-11,15H,12H2,(H,22,26)/t15-/m1/s1. The summed E-state index contributed by atoms with van der Waals surface area (Å²) in [7, 11) is 0. The van der Waals surface area contributed by atoms with E-state index in [1.807, 2.05) is 54.6 Å². The number of anilines is 1. The number of benzene rings is 2. The average Bonchev–Trinajstić information content (AvgIpc) is 3.13. The topological polar surface area (TPSA) is 72.7 Å². The van der Waals surface area contributed by atoms with Crippen molar-refractivity contribution in [2.75, 3.05) is 5.32 Å². The Labute approximate surface area is 149 Å². The number of nitrogens with zero attached hydrogens (tertiary/aromatic N) is 4. The monoisotopic (exact) mass is 341 g/mol. The fraction of sp³-hybridized carbons (Fsp3) is 0.100. The van der Waals surface area contributed by atoms with E-state index in [-0.39, 0.29) is 11.8 Å².